The third kappa shape index (κ3) is 3.55. The van der Waals surface area contributed by atoms with Gasteiger partial charge in [0.05, 0.1) is 5.57 Å². The van der Waals surface area contributed by atoms with Crippen LogP contribution in [0.25, 0.3) is 6.08 Å². The Bertz CT molecular complexity index is 1070. The molecule has 140 valence electrons. The number of rotatable bonds is 4. The van der Waals surface area contributed by atoms with Gasteiger partial charge in [-0.1, -0.05) is 59.7 Å². The van der Waals surface area contributed by atoms with E-state index < -0.39 is 6.04 Å². The smallest absolute Gasteiger partial charge is 0.255 e. The molecule has 1 aromatic heterocycles. The molecule has 0 fully saturated rings. The number of nitrogens with one attached hydrogen (secondary N) is 2. The summed E-state index contributed by atoms with van der Waals surface area (Å²) in [6.07, 6.45) is 3.90. The minimum absolute atomic E-state index is 0.195. The molecule has 1 atom stereocenters. The summed E-state index contributed by atoms with van der Waals surface area (Å²) < 4.78 is 1.61. The van der Waals surface area contributed by atoms with Gasteiger partial charge in [0.25, 0.3) is 5.91 Å². The molecule has 28 heavy (non-hydrogen) atoms. The van der Waals surface area contributed by atoms with Gasteiger partial charge in [-0.15, -0.1) is 0 Å². The van der Waals surface area contributed by atoms with Crippen LogP contribution in [0.15, 0.2) is 71.9 Å². The standard InChI is InChI=1S/C21H20N6O/c1-14-7-6-10-17(13-14)23-20(28)19-15(2)22-21-24-25-26-27(21)18(19)12-11-16-8-4-3-5-9-16/h3-13,18H,1-2H3,(H,23,28)(H,22,24,26)/b12-11+. The number of tetrazole rings is 1. The number of benzene rings is 2. The number of amides is 1. The molecule has 0 radical (unpaired) electrons. The van der Waals surface area contributed by atoms with Crippen molar-refractivity contribution in [2.45, 2.75) is 19.9 Å². The quantitative estimate of drug-likeness (QED) is 0.731. The zero-order valence-electron chi connectivity index (χ0n) is 15.6. The maximum absolute atomic E-state index is 13.1. The normalized spacial score (nSPS) is 16.0. The lowest BCUT2D eigenvalue weighted by Crippen LogP contribution is -2.30. The molecule has 7 nitrogen and oxygen atoms in total. The largest absolute Gasteiger partial charge is 0.326 e. The van der Waals surface area contributed by atoms with Crippen LogP contribution in [0.3, 0.4) is 0 Å². The van der Waals surface area contributed by atoms with Gasteiger partial charge in [-0.25, -0.2) is 0 Å². The van der Waals surface area contributed by atoms with Crippen LogP contribution in [0.1, 0.15) is 24.1 Å². The third-order valence-corrected chi connectivity index (χ3v) is 4.55. The van der Waals surface area contributed by atoms with Crippen molar-refractivity contribution >= 4 is 23.6 Å². The Morgan fingerprint density at radius 2 is 1.96 bits per heavy atom. The van der Waals surface area contributed by atoms with Crippen LogP contribution in [0.4, 0.5) is 11.6 Å². The Morgan fingerprint density at radius 1 is 1.14 bits per heavy atom. The van der Waals surface area contributed by atoms with Gasteiger partial charge in [0, 0.05) is 11.4 Å². The predicted molar refractivity (Wildman–Crippen MR) is 108 cm³/mol. The monoisotopic (exact) mass is 372 g/mol. The molecular formula is C21H20N6O. The van der Waals surface area contributed by atoms with E-state index in [1.54, 1.807) is 4.68 Å². The molecule has 2 N–H and O–H groups in total. The Morgan fingerprint density at radius 3 is 2.75 bits per heavy atom. The molecule has 3 aromatic rings. The van der Waals surface area contributed by atoms with Gasteiger partial charge in [-0.3, -0.25) is 4.79 Å². The van der Waals surface area contributed by atoms with Crippen LogP contribution < -0.4 is 10.6 Å². The van der Waals surface area contributed by atoms with E-state index in [4.69, 9.17) is 0 Å². The summed E-state index contributed by atoms with van der Waals surface area (Å²) in [7, 11) is 0. The average molecular weight is 372 g/mol. The second-order valence-corrected chi connectivity index (χ2v) is 6.65. The van der Waals surface area contributed by atoms with Gasteiger partial charge < -0.3 is 10.6 Å². The first-order valence-corrected chi connectivity index (χ1v) is 8.99. The second-order valence-electron chi connectivity index (χ2n) is 6.65. The number of hydrogen-bond acceptors (Lipinski definition) is 5. The zero-order chi connectivity index (χ0) is 19.5. The number of aryl methyl sites for hydroxylation is 1. The lowest BCUT2D eigenvalue weighted by atomic mass is 10.0. The maximum atomic E-state index is 13.1. The molecule has 1 aliphatic rings. The highest BCUT2D eigenvalue weighted by Gasteiger charge is 2.31. The van der Waals surface area contributed by atoms with Crippen molar-refractivity contribution in [3.05, 3.63) is 83.1 Å². The predicted octanol–water partition coefficient (Wildman–Crippen LogP) is 3.57. The number of nitrogens with zero attached hydrogens (tertiary/aromatic N) is 4. The van der Waals surface area contributed by atoms with Crippen molar-refractivity contribution < 1.29 is 4.79 Å². The molecule has 0 bridgehead atoms. The number of hydrogen-bond donors (Lipinski definition) is 2. The first-order chi connectivity index (χ1) is 13.6. The van der Waals surface area contributed by atoms with Crippen LogP contribution in [0.5, 0.6) is 0 Å². The van der Waals surface area contributed by atoms with E-state index in [0.29, 0.717) is 11.5 Å². The molecule has 0 aliphatic carbocycles. The van der Waals surface area contributed by atoms with E-state index in [1.165, 1.54) is 0 Å². The van der Waals surface area contributed by atoms with Crippen LogP contribution in [-0.2, 0) is 4.79 Å². The molecule has 2 aromatic carbocycles. The Labute approximate surface area is 162 Å². The van der Waals surface area contributed by atoms with E-state index in [2.05, 4.69) is 26.2 Å². The van der Waals surface area contributed by atoms with Crippen molar-refractivity contribution in [1.82, 2.24) is 20.2 Å². The van der Waals surface area contributed by atoms with E-state index in [0.717, 1.165) is 22.5 Å². The van der Waals surface area contributed by atoms with Gasteiger partial charge in [-0.05, 0) is 47.5 Å². The summed E-state index contributed by atoms with van der Waals surface area (Å²) in [6, 6.07) is 17.2. The summed E-state index contributed by atoms with van der Waals surface area (Å²) in [6.45, 7) is 3.84. The fourth-order valence-corrected chi connectivity index (χ4v) is 3.21. The topological polar surface area (TPSA) is 84.7 Å². The number of allylic oxidation sites excluding steroid dienone is 2. The zero-order valence-corrected chi connectivity index (χ0v) is 15.6. The lowest BCUT2D eigenvalue weighted by Gasteiger charge is -2.25. The summed E-state index contributed by atoms with van der Waals surface area (Å²) >= 11 is 0. The van der Waals surface area contributed by atoms with Crippen LogP contribution in [0.2, 0.25) is 0 Å². The number of carbonyl (C=O) groups excluding carboxylic acids is 1. The third-order valence-electron chi connectivity index (χ3n) is 4.55. The van der Waals surface area contributed by atoms with Crippen molar-refractivity contribution in [2.24, 2.45) is 0 Å². The van der Waals surface area contributed by atoms with Gasteiger partial charge >= 0.3 is 0 Å². The highest BCUT2D eigenvalue weighted by atomic mass is 16.1. The van der Waals surface area contributed by atoms with Crippen molar-refractivity contribution in [3.8, 4) is 0 Å². The first-order valence-electron chi connectivity index (χ1n) is 8.99. The van der Waals surface area contributed by atoms with Crippen LogP contribution in [0, 0.1) is 6.92 Å². The summed E-state index contributed by atoms with van der Waals surface area (Å²) in [5.41, 5.74) is 4.14. The average Bonchev–Trinajstić information content (AvgIpc) is 3.14. The minimum Gasteiger partial charge on any atom is -0.326 e. The molecule has 1 aliphatic heterocycles. The molecule has 0 saturated heterocycles. The number of fused-ring (bicyclic) bond motifs is 1. The molecule has 0 saturated carbocycles. The second kappa shape index (κ2) is 7.48. The molecule has 1 amide bonds. The molecule has 0 spiro atoms. The summed E-state index contributed by atoms with van der Waals surface area (Å²) in [5, 5.41) is 17.9. The fourth-order valence-electron chi connectivity index (χ4n) is 3.21. The van der Waals surface area contributed by atoms with E-state index in [-0.39, 0.29) is 5.91 Å². The molecular weight excluding hydrogens is 352 g/mol. The van der Waals surface area contributed by atoms with Crippen molar-refractivity contribution in [2.75, 3.05) is 10.6 Å². The van der Waals surface area contributed by atoms with E-state index in [1.807, 2.05) is 80.6 Å². The SMILES string of the molecule is CC1=C(C(=O)Nc2cccc(C)c2)C(/C=C/c2ccccc2)n2nnnc2N1. The Balaban J connectivity index is 1.68. The minimum atomic E-state index is -0.420. The molecule has 2 heterocycles. The lowest BCUT2D eigenvalue weighted by molar-refractivity contribution is -0.113. The number of aromatic nitrogens is 4. The number of carbonyl (C=O) groups is 1. The molecule has 7 heteroatoms. The van der Waals surface area contributed by atoms with Crippen molar-refractivity contribution in [1.29, 1.82) is 0 Å². The summed E-state index contributed by atoms with van der Waals surface area (Å²) in [4.78, 5) is 13.1. The first kappa shape index (κ1) is 17.7. The van der Waals surface area contributed by atoms with Crippen LogP contribution >= 0.6 is 0 Å². The van der Waals surface area contributed by atoms with E-state index in [9.17, 15) is 4.79 Å². The highest BCUT2D eigenvalue weighted by molar-refractivity contribution is 6.05. The Kier molecular flexibility index (Phi) is 4.72. The van der Waals surface area contributed by atoms with Crippen molar-refractivity contribution in [3.63, 3.8) is 0 Å². The molecule has 1 unspecified atom stereocenters. The Hall–Kier alpha value is -3.74. The van der Waals surface area contributed by atoms with Crippen LogP contribution in [-0.4, -0.2) is 26.1 Å². The molecule has 4 rings (SSSR count). The van der Waals surface area contributed by atoms with E-state index >= 15 is 0 Å². The maximum Gasteiger partial charge on any atom is 0.255 e. The fraction of sp³-hybridized carbons (Fsp3) is 0.143. The van der Waals surface area contributed by atoms with Gasteiger partial charge in [0.15, 0.2) is 0 Å². The van der Waals surface area contributed by atoms with Gasteiger partial charge in [0.2, 0.25) is 5.95 Å². The van der Waals surface area contributed by atoms with Gasteiger partial charge in [-0.2, -0.15) is 4.68 Å². The number of anilines is 2. The summed E-state index contributed by atoms with van der Waals surface area (Å²) in [5.74, 6) is 0.312. The highest BCUT2D eigenvalue weighted by Crippen LogP contribution is 2.31. The van der Waals surface area contributed by atoms with Gasteiger partial charge in [0.1, 0.15) is 6.04 Å².